The van der Waals surface area contributed by atoms with E-state index in [1.807, 2.05) is 6.07 Å². The lowest BCUT2D eigenvalue weighted by molar-refractivity contribution is 0.0264. The van der Waals surface area contributed by atoms with E-state index in [9.17, 15) is 5.11 Å². The van der Waals surface area contributed by atoms with Crippen LogP contribution in [0.1, 0.15) is 39.2 Å². The molecule has 18 heavy (non-hydrogen) atoms. The first-order valence-electron chi connectivity index (χ1n) is 6.91. The number of fused-ring (bicyclic) bond motifs is 2. The molecule has 0 aromatic heterocycles. The Morgan fingerprint density at radius 2 is 1.83 bits per heavy atom. The summed E-state index contributed by atoms with van der Waals surface area (Å²) in [5, 5.41) is 10.7. The summed E-state index contributed by atoms with van der Waals surface area (Å²) < 4.78 is 0. The first-order valence-corrected chi connectivity index (χ1v) is 6.91. The Bertz CT molecular complexity index is 486. The average molecular weight is 242 g/mol. The molecule has 2 aliphatic rings. The summed E-state index contributed by atoms with van der Waals surface area (Å²) in [6, 6.07) is 10.4. The highest BCUT2D eigenvalue weighted by atomic mass is 16.3. The normalized spacial score (nSPS) is 39.4. The summed E-state index contributed by atoms with van der Waals surface area (Å²) in [5.41, 5.74) is 2.73. The maximum atomic E-state index is 10.7. The van der Waals surface area contributed by atoms with E-state index >= 15 is 0 Å². The molecule has 0 unspecified atom stereocenters. The Balaban J connectivity index is 2.04. The molecule has 2 bridgehead atoms. The average Bonchev–Trinajstić information content (AvgIpc) is 2.65. The van der Waals surface area contributed by atoms with Crippen molar-refractivity contribution in [1.29, 1.82) is 0 Å². The van der Waals surface area contributed by atoms with Crippen LogP contribution in [0.4, 0.5) is 0 Å². The summed E-state index contributed by atoms with van der Waals surface area (Å²) in [7, 11) is 0. The van der Waals surface area contributed by atoms with Crippen molar-refractivity contribution in [2.45, 2.75) is 39.7 Å². The van der Waals surface area contributed by atoms with Gasteiger partial charge in [0.2, 0.25) is 0 Å². The van der Waals surface area contributed by atoms with Crippen LogP contribution in [0.5, 0.6) is 0 Å². The van der Waals surface area contributed by atoms with Gasteiger partial charge in [-0.05, 0) is 35.3 Å². The highest BCUT2D eigenvalue weighted by Gasteiger charge is 2.63. The van der Waals surface area contributed by atoms with Crippen LogP contribution in [0, 0.1) is 16.7 Å². The van der Waals surface area contributed by atoms with Gasteiger partial charge in [-0.15, -0.1) is 0 Å². The first-order chi connectivity index (χ1) is 8.47. The standard InChI is InChI=1S/C17H22O/c1-16(2)14-9-10-17(16,3)15(18)13(14)11-12-7-5-4-6-8-12/h4-8,11,14-15,18H,9-10H2,1-3H3/b13-11+/t14-,15-,17+/m1/s1. The van der Waals surface area contributed by atoms with Crippen LogP contribution in [0.3, 0.4) is 0 Å². The zero-order valence-electron chi connectivity index (χ0n) is 11.5. The van der Waals surface area contributed by atoms with Gasteiger partial charge in [-0.1, -0.05) is 57.2 Å². The lowest BCUT2D eigenvalue weighted by Crippen LogP contribution is -2.35. The Hall–Kier alpha value is -1.08. The van der Waals surface area contributed by atoms with Gasteiger partial charge in [0, 0.05) is 5.41 Å². The molecule has 0 spiro atoms. The minimum absolute atomic E-state index is 0.0538. The Morgan fingerprint density at radius 3 is 2.39 bits per heavy atom. The highest BCUT2D eigenvalue weighted by molar-refractivity contribution is 5.57. The SMILES string of the molecule is CC1(C)[C@@H]2CC[C@@]1(C)[C@H](O)/C2=C/c1ccccc1. The molecule has 1 N–H and O–H groups in total. The van der Waals surface area contributed by atoms with Crippen LogP contribution in [0.25, 0.3) is 6.08 Å². The number of hydrogen-bond donors (Lipinski definition) is 1. The zero-order valence-corrected chi connectivity index (χ0v) is 11.5. The summed E-state index contributed by atoms with van der Waals surface area (Å²) in [4.78, 5) is 0. The molecular weight excluding hydrogens is 220 g/mol. The van der Waals surface area contributed by atoms with Gasteiger partial charge in [-0.2, -0.15) is 0 Å². The lowest BCUT2D eigenvalue weighted by Gasteiger charge is -2.36. The molecule has 2 saturated carbocycles. The molecule has 0 amide bonds. The zero-order chi connectivity index (χ0) is 13.0. The van der Waals surface area contributed by atoms with Crippen LogP contribution in [0.15, 0.2) is 35.9 Å². The molecule has 2 aliphatic carbocycles. The molecule has 1 aromatic carbocycles. The van der Waals surface area contributed by atoms with E-state index in [1.165, 1.54) is 17.6 Å². The van der Waals surface area contributed by atoms with Gasteiger partial charge in [-0.25, -0.2) is 0 Å². The largest absolute Gasteiger partial charge is 0.388 e. The van der Waals surface area contributed by atoms with Crippen LogP contribution >= 0.6 is 0 Å². The van der Waals surface area contributed by atoms with Crippen molar-refractivity contribution in [3.05, 3.63) is 41.5 Å². The van der Waals surface area contributed by atoms with Gasteiger partial charge in [0.05, 0.1) is 6.10 Å². The summed E-state index contributed by atoms with van der Waals surface area (Å²) in [6.45, 7) is 6.89. The monoisotopic (exact) mass is 242 g/mol. The van der Waals surface area contributed by atoms with Crippen molar-refractivity contribution < 1.29 is 5.11 Å². The third-order valence-corrected chi connectivity index (χ3v) is 5.75. The van der Waals surface area contributed by atoms with Crippen molar-refractivity contribution in [2.24, 2.45) is 16.7 Å². The van der Waals surface area contributed by atoms with Gasteiger partial charge in [0.15, 0.2) is 0 Å². The number of benzene rings is 1. The van der Waals surface area contributed by atoms with E-state index in [0.29, 0.717) is 5.92 Å². The number of aliphatic hydroxyl groups is 1. The fourth-order valence-electron chi connectivity index (χ4n) is 4.08. The molecule has 3 rings (SSSR count). The van der Waals surface area contributed by atoms with E-state index in [0.717, 1.165) is 6.42 Å². The molecule has 0 heterocycles. The minimum Gasteiger partial charge on any atom is -0.388 e. The maximum absolute atomic E-state index is 10.7. The molecule has 0 aliphatic heterocycles. The second-order valence-electron chi connectivity index (χ2n) is 6.69. The Labute approximate surface area is 110 Å². The topological polar surface area (TPSA) is 20.2 Å². The smallest absolute Gasteiger partial charge is 0.0815 e. The van der Waals surface area contributed by atoms with E-state index in [2.05, 4.69) is 51.1 Å². The molecule has 1 heteroatoms. The summed E-state index contributed by atoms with van der Waals surface area (Å²) >= 11 is 0. The van der Waals surface area contributed by atoms with Gasteiger partial charge in [0.25, 0.3) is 0 Å². The fourth-order valence-corrected chi connectivity index (χ4v) is 4.08. The molecule has 3 atom stereocenters. The predicted octanol–water partition coefficient (Wildman–Crippen LogP) is 3.89. The van der Waals surface area contributed by atoms with Gasteiger partial charge in [0.1, 0.15) is 0 Å². The van der Waals surface area contributed by atoms with Crippen molar-refractivity contribution in [3.63, 3.8) is 0 Å². The van der Waals surface area contributed by atoms with Gasteiger partial charge in [-0.3, -0.25) is 0 Å². The number of hydrogen-bond acceptors (Lipinski definition) is 1. The molecule has 1 nitrogen and oxygen atoms in total. The maximum Gasteiger partial charge on any atom is 0.0815 e. The van der Waals surface area contributed by atoms with E-state index < -0.39 is 0 Å². The second kappa shape index (κ2) is 3.71. The van der Waals surface area contributed by atoms with Crippen LogP contribution in [-0.4, -0.2) is 11.2 Å². The van der Waals surface area contributed by atoms with Crippen molar-refractivity contribution in [1.82, 2.24) is 0 Å². The van der Waals surface area contributed by atoms with Crippen molar-refractivity contribution >= 4 is 6.08 Å². The predicted molar refractivity (Wildman–Crippen MR) is 75.0 cm³/mol. The number of aliphatic hydroxyl groups excluding tert-OH is 1. The molecule has 1 aromatic rings. The van der Waals surface area contributed by atoms with Gasteiger partial charge < -0.3 is 5.11 Å². The molecule has 0 saturated heterocycles. The van der Waals surface area contributed by atoms with Crippen molar-refractivity contribution in [3.8, 4) is 0 Å². The lowest BCUT2D eigenvalue weighted by atomic mass is 9.70. The van der Waals surface area contributed by atoms with E-state index in [4.69, 9.17) is 0 Å². The third kappa shape index (κ3) is 1.37. The van der Waals surface area contributed by atoms with Gasteiger partial charge >= 0.3 is 0 Å². The molecule has 2 fully saturated rings. The third-order valence-electron chi connectivity index (χ3n) is 5.75. The molecular formula is C17H22O. The molecule has 96 valence electrons. The summed E-state index contributed by atoms with van der Waals surface area (Å²) in [5.74, 6) is 0.540. The Kier molecular flexibility index (Phi) is 2.47. The second-order valence-corrected chi connectivity index (χ2v) is 6.69. The summed E-state index contributed by atoms with van der Waals surface area (Å²) in [6.07, 6.45) is 4.31. The quantitative estimate of drug-likeness (QED) is 0.792. The van der Waals surface area contributed by atoms with Crippen LogP contribution in [-0.2, 0) is 0 Å². The molecule has 0 radical (unpaired) electrons. The number of rotatable bonds is 1. The fraction of sp³-hybridized carbons (Fsp3) is 0.529. The Morgan fingerprint density at radius 1 is 1.17 bits per heavy atom. The first kappa shape index (κ1) is 12.0. The van der Waals surface area contributed by atoms with E-state index in [1.54, 1.807) is 0 Å². The van der Waals surface area contributed by atoms with E-state index in [-0.39, 0.29) is 16.9 Å². The minimum atomic E-state index is -0.272. The van der Waals surface area contributed by atoms with Crippen molar-refractivity contribution in [2.75, 3.05) is 0 Å². The van der Waals surface area contributed by atoms with Crippen LogP contribution in [0.2, 0.25) is 0 Å². The van der Waals surface area contributed by atoms with Crippen LogP contribution < -0.4 is 0 Å². The highest BCUT2D eigenvalue weighted by Crippen LogP contribution is 2.67.